The number of halogens is 2. The van der Waals surface area contributed by atoms with E-state index in [1.165, 1.54) is 66.1 Å². The van der Waals surface area contributed by atoms with Crippen molar-refractivity contribution in [3.63, 3.8) is 0 Å². The van der Waals surface area contributed by atoms with Crippen LogP contribution in [-0.2, 0) is 30.2 Å². The van der Waals surface area contributed by atoms with Crippen LogP contribution in [0.4, 0.5) is 0 Å². The van der Waals surface area contributed by atoms with Crippen LogP contribution in [-0.4, -0.2) is 6.88 Å². The Morgan fingerprint density at radius 2 is 0.820 bits per heavy atom. The third-order valence-corrected chi connectivity index (χ3v) is 30.8. The van der Waals surface area contributed by atoms with E-state index >= 15 is 0 Å². The van der Waals surface area contributed by atoms with Crippen molar-refractivity contribution in [2.75, 3.05) is 0 Å². The van der Waals surface area contributed by atoms with Crippen LogP contribution in [0.3, 0.4) is 0 Å². The third kappa shape index (κ3) is 4.64. The Kier molecular flexibility index (Phi) is 8.02. The molecule has 50 heavy (non-hydrogen) atoms. The van der Waals surface area contributed by atoms with E-state index in [0.717, 1.165) is 12.8 Å². The summed E-state index contributed by atoms with van der Waals surface area (Å²) in [6, 6.07) is 42.3. The van der Waals surface area contributed by atoms with Gasteiger partial charge in [-0.25, -0.2) is 0 Å². The van der Waals surface area contributed by atoms with E-state index in [9.17, 15) is 0 Å². The molecule has 4 aliphatic carbocycles. The number of hydrogen-bond acceptors (Lipinski definition) is 0. The third-order valence-electron chi connectivity index (χ3n) is 12.9. The summed E-state index contributed by atoms with van der Waals surface area (Å²) in [6.07, 6.45) is 7.42. The first-order chi connectivity index (χ1) is 23.2. The van der Waals surface area contributed by atoms with E-state index in [1.807, 2.05) is 0 Å². The Morgan fingerprint density at radius 3 is 1.24 bits per heavy atom. The van der Waals surface area contributed by atoms with Crippen molar-refractivity contribution in [1.29, 1.82) is 0 Å². The van der Waals surface area contributed by atoms with Crippen LogP contribution in [0.5, 0.6) is 0 Å². The van der Waals surface area contributed by atoms with E-state index in [2.05, 4.69) is 151 Å². The molecule has 6 aromatic rings. The minimum atomic E-state index is -3.63. The van der Waals surface area contributed by atoms with Crippen molar-refractivity contribution in [1.82, 2.24) is 0 Å². The normalized spacial score (nSPS) is 21.4. The van der Waals surface area contributed by atoms with Crippen LogP contribution >= 0.6 is 24.8 Å². The van der Waals surface area contributed by atoms with Gasteiger partial charge in [-0.05, 0) is 0 Å². The second-order valence-corrected chi connectivity index (χ2v) is 47.0. The van der Waals surface area contributed by atoms with Gasteiger partial charge in [0.25, 0.3) is 0 Å². The maximum absolute atomic E-state index is 3.63. The summed E-state index contributed by atoms with van der Waals surface area (Å²) in [7, 11) is 0. The molecule has 6 aromatic carbocycles. The smallest absolute Gasteiger partial charge is 0.147 e. The molecule has 0 amide bonds. The second-order valence-electron chi connectivity index (χ2n) is 16.5. The molecule has 0 N–H and O–H groups in total. The zero-order valence-electron chi connectivity index (χ0n) is 29.3. The molecule has 250 valence electrons. The van der Waals surface area contributed by atoms with Crippen molar-refractivity contribution in [3.8, 4) is 0 Å². The summed E-state index contributed by atoms with van der Waals surface area (Å²) in [5.41, 5.74) is 18.6. The molecule has 4 unspecified atom stereocenters. The number of rotatable bonds is 4. The Morgan fingerprint density at radius 1 is 0.480 bits per heavy atom. The molecule has 0 saturated heterocycles. The van der Waals surface area contributed by atoms with Crippen molar-refractivity contribution in [2.45, 2.75) is 55.0 Å². The Bertz CT molecular complexity index is 2370. The molecule has 0 nitrogen and oxygen atoms in total. The fraction of sp³-hybridized carbons (Fsp3) is 0.217. The molecule has 0 spiro atoms. The standard InChI is InChI=1S/2C22H17.2CH3.2ClH.H2Si.Zr/c2*1-14-11-16-7-4-9-18(20(16)12-14)21-13-17-8-2-5-15-6-3-10-19(21)22(15)17;;;;;;/h2*2-12,21H,13H2,1H3;2*1H3;2*1H;1H2;. The van der Waals surface area contributed by atoms with Crippen LogP contribution < -0.4 is 0 Å². The first kappa shape index (κ1) is 34.1. The van der Waals surface area contributed by atoms with E-state index in [1.54, 1.807) is 22.3 Å². The van der Waals surface area contributed by atoms with Gasteiger partial charge in [0.1, 0.15) is 0 Å². The predicted octanol–water partition coefficient (Wildman–Crippen LogP) is 12.2. The molecule has 0 aromatic heterocycles. The molecule has 4 atom stereocenters. The van der Waals surface area contributed by atoms with Crippen LogP contribution in [0.15, 0.2) is 120 Å². The zero-order valence-corrected chi connectivity index (χ0v) is 34.8. The largest absolute Gasteiger partial charge is 0.147 e. The molecule has 0 saturated carbocycles. The Balaban J connectivity index is 0.00000180. The van der Waals surface area contributed by atoms with Crippen molar-refractivity contribution >= 4 is 65.4 Å². The molecule has 10 rings (SSSR count). The molecule has 0 fully saturated rings. The van der Waals surface area contributed by atoms with Gasteiger partial charge in [0.15, 0.2) is 0 Å². The first-order valence-corrected chi connectivity index (χ1v) is 31.6. The van der Waals surface area contributed by atoms with E-state index in [4.69, 9.17) is 0 Å². The average molecular weight is 787 g/mol. The molecule has 0 aliphatic heterocycles. The minimum Gasteiger partial charge on any atom is -0.147 e. The van der Waals surface area contributed by atoms with Gasteiger partial charge in [-0.15, -0.1) is 24.8 Å². The van der Waals surface area contributed by atoms with Crippen molar-refractivity contribution in [3.05, 3.63) is 176 Å². The molecule has 4 aliphatic rings. The monoisotopic (exact) mass is 784 g/mol. The minimum absolute atomic E-state index is 0. The van der Waals surface area contributed by atoms with Crippen molar-refractivity contribution in [2.24, 2.45) is 0 Å². The fourth-order valence-corrected chi connectivity index (χ4v) is 32.7. The van der Waals surface area contributed by atoms with E-state index < -0.39 is 17.4 Å². The molecular weight excluding hydrogens is 743 g/mol. The summed E-state index contributed by atoms with van der Waals surface area (Å²) < 4.78 is 6.63. The Labute approximate surface area is 311 Å². The van der Waals surface area contributed by atoms with Gasteiger partial charge in [-0.1, -0.05) is 0 Å². The summed E-state index contributed by atoms with van der Waals surface area (Å²) in [6.45, 7) is 7.38. The van der Waals surface area contributed by atoms with Crippen molar-refractivity contribution < 1.29 is 17.4 Å². The average Bonchev–Trinajstić information content (AvgIpc) is 3.83. The second kappa shape index (κ2) is 11.8. The zero-order chi connectivity index (χ0) is 32.6. The number of hydrogen-bond donors (Lipinski definition) is 0. The summed E-state index contributed by atoms with van der Waals surface area (Å²) in [4.78, 5) is 0. The number of allylic oxidation sites excluding steroid dienone is 2. The molecule has 0 bridgehead atoms. The Hall–Kier alpha value is -3.00. The maximum atomic E-state index is 2.78. The van der Waals surface area contributed by atoms with Gasteiger partial charge in [-0.2, -0.15) is 0 Å². The summed E-state index contributed by atoms with van der Waals surface area (Å²) >= 11 is -3.63. The van der Waals surface area contributed by atoms with Crippen LogP contribution in [0, 0.1) is 0 Å². The quantitative estimate of drug-likeness (QED) is 0.156. The maximum Gasteiger partial charge on any atom is -0.147 e. The summed E-state index contributed by atoms with van der Waals surface area (Å²) in [5, 5.41) is 5.75. The van der Waals surface area contributed by atoms with Crippen LogP contribution in [0.25, 0.3) is 33.7 Å². The number of benzene rings is 6. The molecule has 0 heterocycles. The SMILES string of the molecule is CC1=Cc2c(C3Cc4cccc5cccc3c45)cccc2[CH]1[Zr]([CH3])([CH3])(=[SiH2])[CH]1C(C)=Cc2c(C3Cc4cccc5cccc3c45)cccc21.Cl.Cl. The molecule has 0 radical (unpaired) electrons. The number of fused-ring (bicyclic) bond motifs is 2. The van der Waals surface area contributed by atoms with Gasteiger partial charge < -0.3 is 0 Å². The fourth-order valence-electron chi connectivity index (χ4n) is 11.5. The topological polar surface area (TPSA) is 0 Å². The first-order valence-electron chi connectivity index (χ1n) is 17.9. The molecule has 4 heteroatoms. The van der Waals surface area contributed by atoms with Gasteiger partial charge >= 0.3 is 289 Å². The van der Waals surface area contributed by atoms with Crippen LogP contribution in [0.1, 0.15) is 88.6 Å². The van der Waals surface area contributed by atoms with E-state index in [-0.39, 0.29) is 24.8 Å². The van der Waals surface area contributed by atoms with E-state index in [0.29, 0.717) is 19.1 Å². The van der Waals surface area contributed by atoms with Gasteiger partial charge in [0.2, 0.25) is 0 Å². The van der Waals surface area contributed by atoms with Crippen LogP contribution in [0.2, 0.25) is 9.26 Å². The van der Waals surface area contributed by atoms with Gasteiger partial charge in [0, 0.05) is 0 Å². The van der Waals surface area contributed by atoms with Gasteiger partial charge in [-0.3, -0.25) is 0 Å². The predicted molar refractivity (Wildman–Crippen MR) is 219 cm³/mol. The summed E-state index contributed by atoms with van der Waals surface area (Å²) in [5.74, 6) is 0.850. The van der Waals surface area contributed by atoms with Gasteiger partial charge in [0.05, 0.1) is 0 Å². The molecular formula is C46H44Cl2SiZr.